The third-order valence-corrected chi connectivity index (χ3v) is 12.9. The lowest BCUT2D eigenvalue weighted by atomic mass is 10.1. The van der Waals surface area contributed by atoms with Gasteiger partial charge in [0.2, 0.25) is 0 Å². The van der Waals surface area contributed by atoms with E-state index in [9.17, 15) is 43.5 Å². The second-order valence-corrected chi connectivity index (χ2v) is 20.5. The van der Waals surface area contributed by atoms with E-state index in [1.807, 2.05) is 0 Å². The zero-order valence-corrected chi connectivity index (χ0v) is 43.8. The van der Waals surface area contributed by atoms with Crippen LogP contribution >= 0.6 is 15.6 Å². The molecule has 3 unspecified atom stereocenters. The van der Waals surface area contributed by atoms with Crippen LogP contribution < -0.4 is 0 Å². The first kappa shape index (κ1) is 65.5. The van der Waals surface area contributed by atoms with Crippen molar-refractivity contribution in [3.63, 3.8) is 0 Å². The van der Waals surface area contributed by atoms with Gasteiger partial charge in [-0.1, -0.05) is 175 Å². The smallest absolute Gasteiger partial charge is 0.462 e. The number of hydrogen-bond donors (Lipinski definition) is 4. The number of esters is 3. The lowest BCUT2D eigenvalue weighted by Gasteiger charge is -2.22. The summed E-state index contributed by atoms with van der Waals surface area (Å²) in [5.74, 6) is -1.63. The van der Waals surface area contributed by atoms with E-state index in [1.54, 1.807) is 0 Å². The molecule has 4 N–H and O–H groups in total. The van der Waals surface area contributed by atoms with Crippen molar-refractivity contribution in [2.45, 2.75) is 251 Å². The van der Waals surface area contributed by atoms with Crippen LogP contribution in [0.4, 0.5) is 0 Å². The van der Waals surface area contributed by atoms with Gasteiger partial charge in [-0.05, 0) is 32.1 Å². The van der Waals surface area contributed by atoms with Gasteiger partial charge >= 0.3 is 33.6 Å². The molecule has 0 bridgehead atoms. The molecule has 17 nitrogen and oxygen atoms in total. The maximum absolute atomic E-state index is 12.8. The summed E-state index contributed by atoms with van der Waals surface area (Å²) in [6, 6.07) is 0. The average molecular weight is 1010 g/mol. The molecule has 67 heavy (non-hydrogen) atoms. The van der Waals surface area contributed by atoms with Crippen LogP contribution in [0.5, 0.6) is 0 Å². The molecule has 0 fully saturated rings. The van der Waals surface area contributed by atoms with E-state index < -0.39 is 91.2 Å². The average Bonchev–Trinajstić information content (AvgIpc) is 3.29. The SMILES string of the molecule is CCCCCCCCCCC(=O)O[C@H](COC(=O)CCCCCCCCC)COP(=O)(O)OC[C@@H](O)COP(=O)(O)OC[C@@H](COC(O)CCCCCC)OC(=O)CCCCCCCCCC. The number of unbranched alkanes of at least 4 members (excludes halogenated alkanes) is 23. The molecule has 398 valence electrons. The minimum atomic E-state index is -4.91. The van der Waals surface area contributed by atoms with E-state index in [2.05, 4.69) is 27.7 Å². The molecule has 19 heteroatoms. The first-order valence-electron chi connectivity index (χ1n) is 25.9. The van der Waals surface area contributed by atoms with Crippen LogP contribution in [0.3, 0.4) is 0 Å². The Morgan fingerprint density at radius 1 is 0.403 bits per heavy atom. The van der Waals surface area contributed by atoms with Gasteiger partial charge in [0.05, 0.1) is 33.0 Å². The van der Waals surface area contributed by atoms with Gasteiger partial charge in [0.25, 0.3) is 0 Å². The van der Waals surface area contributed by atoms with E-state index in [1.165, 1.54) is 44.9 Å². The first-order chi connectivity index (χ1) is 32.2. The Hall–Kier alpha value is -1.49. The molecule has 0 heterocycles. The molecule has 0 radical (unpaired) electrons. The second-order valence-electron chi connectivity index (χ2n) is 17.6. The fraction of sp³-hybridized carbons (Fsp3) is 0.938. The third-order valence-electron chi connectivity index (χ3n) is 11.0. The summed E-state index contributed by atoms with van der Waals surface area (Å²) in [6.45, 7) is 4.75. The van der Waals surface area contributed by atoms with Crippen molar-refractivity contribution in [1.82, 2.24) is 0 Å². The van der Waals surface area contributed by atoms with Crippen molar-refractivity contribution in [2.24, 2.45) is 0 Å². The topological polar surface area (TPSA) is 240 Å². The molecule has 0 saturated carbocycles. The highest BCUT2D eigenvalue weighted by Gasteiger charge is 2.30. The van der Waals surface area contributed by atoms with E-state index in [4.69, 9.17) is 37.0 Å². The van der Waals surface area contributed by atoms with Gasteiger partial charge in [-0.25, -0.2) is 9.13 Å². The van der Waals surface area contributed by atoms with Crippen LogP contribution in [0.25, 0.3) is 0 Å². The number of aliphatic hydroxyl groups excluding tert-OH is 2. The Bertz CT molecular complexity index is 1290. The molecule has 0 rings (SSSR count). The van der Waals surface area contributed by atoms with Gasteiger partial charge < -0.3 is 38.9 Å². The van der Waals surface area contributed by atoms with Crippen LogP contribution in [0, 0.1) is 0 Å². The summed E-state index contributed by atoms with van der Waals surface area (Å²) in [5, 5.41) is 20.7. The number of ether oxygens (including phenoxy) is 4. The van der Waals surface area contributed by atoms with Crippen molar-refractivity contribution >= 4 is 33.6 Å². The molecule has 0 amide bonds. The number of phosphoric acid groups is 2. The molecule has 6 atom stereocenters. The number of carbonyl (C=O) groups is 3. The van der Waals surface area contributed by atoms with Gasteiger partial charge in [0, 0.05) is 19.3 Å². The number of hydrogen-bond acceptors (Lipinski definition) is 15. The molecule has 0 aromatic rings. The second kappa shape index (κ2) is 44.5. The van der Waals surface area contributed by atoms with Crippen LogP contribution in [0.2, 0.25) is 0 Å². The van der Waals surface area contributed by atoms with Gasteiger partial charge in [0.15, 0.2) is 12.4 Å². The van der Waals surface area contributed by atoms with Crippen molar-refractivity contribution in [3.8, 4) is 0 Å². The Kier molecular flexibility index (Phi) is 43.5. The summed E-state index contributed by atoms with van der Waals surface area (Å²) in [7, 11) is -9.80. The number of phosphoric ester groups is 2. The Morgan fingerprint density at radius 3 is 1.10 bits per heavy atom. The molecule has 0 aromatic heterocycles. The summed E-state index contributed by atoms with van der Waals surface area (Å²) in [5.41, 5.74) is 0. The van der Waals surface area contributed by atoms with Gasteiger partial charge in [-0.15, -0.1) is 0 Å². The zero-order chi connectivity index (χ0) is 49.9. The van der Waals surface area contributed by atoms with Crippen LogP contribution in [-0.2, 0) is 60.6 Å². The third kappa shape index (κ3) is 44.2. The summed E-state index contributed by atoms with van der Waals surface area (Å²) in [4.78, 5) is 58.5. The monoisotopic (exact) mass is 1000 g/mol. The molecule has 0 aliphatic carbocycles. The van der Waals surface area contributed by atoms with Gasteiger partial charge in [0.1, 0.15) is 18.8 Å². The van der Waals surface area contributed by atoms with E-state index in [0.29, 0.717) is 25.7 Å². The van der Waals surface area contributed by atoms with E-state index in [0.717, 1.165) is 109 Å². The summed E-state index contributed by atoms with van der Waals surface area (Å²) in [6.07, 6.45) is 22.8. The number of aliphatic hydroxyl groups is 2. The maximum Gasteiger partial charge on any atom is 0.472 e. The molecule has 0 spiro atoms. The first-order valence-corrected chi connectivity index (χ1v) is 28.9. The van der Waals surface area contributed by atoms with E-state index in [-0.39, 0.29) is 25.9 Å². The Balaban J connectivity index is 5.14. The summed E-state index contributed by atoms with van der Waals surface area (Å²) >= 11 is 0. The minimum Gasteiger partial charge on any atom is -0.462 e. The molecule has 0 aliphatic rings. The normalized spacial score (nSPS) is 15.3. The van der Waals surface area contributed by atoms with Gasteiger partial charge in [-0.3, -0.25) is 32.5 Å². The molecule has 0 aliphatic heterocycles. The minimum absolute atomic E-state index is 0.108. The van der Waals surface area contributed by atoms with Crippen molar-refractivity contribution in [3.05, 3.63) is 0 Å². The highest BCUT2D eigenvalue weighted by Crippen LogP contribution is 2.45. The largest absolute Gasteiger partial charge is 0.472 e. The Labute approximate surface area is 404 Å². The predicted octanol–water partition coefficient (Wildman–Crippen LogP) is 11.5. The summed E-state index contributed by atoms with van der Waals surface area (Å²) < 4.78 is 67.1. The van der Waals surface area contributed by atoms with Crippen molar-refractivity contribution in [2.75, 3.05) is 39.6 Å². The lowest BCUT2D eigenvalue weighted by Crippen LogP contribution is -2.31. The highest BCUT2D eigenvalue weighted by atomic mass is 31.2. The fourth-order valence-electron chi connectivity index (χ4n) is 6.90. The molecule has 0 aromatic carbocycles. The fourth-order valence-corrected chi connectivity index (χ4v) is 8.48. The molecular formula is C48H94O17P2. The highest BCUT2D eigenvalue weighted by molar-refractivity contribution is 7.47. The Morgan fingerprint density at radius 2 is 0.716 bits per heavy atom. The van der Waals surface area contributed by atoms with Crippen LogP contribution in [-0.4, -0.2) is 102 Å². The van der Waals surface area contributed by atoms with Crippen LogP contribution in [0.15, 0.2) is 0 Å². The van der Waals surface area contributed by atoms with Crippen LogP contribution in [0.1, 0.15) is 227 Å². The number of carbonyl (C=O) groups excluding carboxylic acids is 3. The number of rotatable bonds is 50. The quantitative estimate of drug-likeness (QED) is 0.0146. The lowest BCUT2D eigenvalue weighted by molar-refractivity contribution is -0.166. The predicted molar refractivity (Wildman–Crippen MR) is 258 cm³/mol. The van der Waals surface area contributed by atoms with Crippen molar-refractivity contribution < 1.29 is 80.6 Å². The standard InChI is InChI=1S/C48H94O17P2/c1-5-9-13-17-20-23-26-30-34-47(52)64-43(38-58-45(50)32-28-16-12-8-4)40-62-66(54,55)60-36-42(49)37-61-67(56,57)63-41-44(39-59-46(51)33-29-25-22-19-15-11-7-3)65-48(53)35-31-27-24-21-18-14-10-6-2/h42-45,49-50H,5-41H2,1-4H3,(H,54,55)(H,56,57)/t42-,43+,44+,45?/m0/s1. The van der Waals surface area contributed by atoms with Gasteiger partial charge in [-0.2, -0.15) is 0 Å². The molecular weight excluding hydrogens is 910 g/mol. The maximum atomic E-state index is 12.8. The molecule has 0 saturated heterocycles. The van der Waals surface area contributed by atoms with E-state index >= 15 is 0 Å². The zero-order valence-electron chi connectivity index (χ0n) is 42.0. The van der Waals surface area contributed by atoms with Crippen molar-refractivity contribution in [1.29, 1.82) is 0 Å².